The summed E-state index contributed by atoms with van der Waals surface area (Å²) in [4.78, 5) is 12.2. The van der Waals surface area contributed by atoms with E-state index in [-0.39, 0.29) is 5.69 Å². The number of pyridine rings is 1. The average molecular weight is 353 g/mol. The van der Waals surface area contributed by atoms with Crippen molar-refractivity contribution in [2.24, 2.45) is 0 Å². The first-order chi connectivity index (χ1) is 12.2. The lowest BCUT2D eigenvalue weighted by molar-refractivity contribution is 0.465. The first-order valence-electron chi connectivity index (χ1n) is 7.78. The molecule has 0 amide bonds. The highest BCUT2D eigenvalue weighted by Gasteiger charge is 2.10. The van der Waals surface area contributed by atoms with Gasteiger partial charge in [0.1, 0.15) is 0 Å². The standard InChI is InChI=1S/C17H15N5O2S/c1-12-5-7-13(8-6-12)15-18-19-16(24-15)25-11-10-22-17(23)21-9-3-2-4-14(21)20-22/h2-9H,10-11H2,1H3. The van der Waals surface area contributed by atoms with Gasteiger partial charge in [-0.05, 0) is 31.2 Å². The van der Waals surface area contributed by atoms with E-state index in [2.05, 4.69) is 15.3 Å². The van der Waals surface area contributed by atoms with Crippen LogP contribution in [0.2, 0.25) is 0 Å². The molecule has 0 aliphatic heterocycles. The number of rotatable bonds is 5. The summed E-state index contributed by atoms with van der Waals surface area (Å²) in [5.74, 6) is 1.10. The van der Waals surface area contributed by atoms with Crippen LogP contribution < -0.4 is 5.69 Å². The molecule has 7 nitrogen and oxygen atoms in total. The molecule has 0 bridgehead atoms. The van der Waals surface area contributed by atoms with E-state index in [1.54, 1.807) is 18.3 Å². The van der Waals surface area contributed by atoms with Crippen molar-refractivity contribution < 1.29 is 4.42 Å². The summed E-state index contributed by atoms with van der Waals surface area (Å²) in [5, 5.41) is 12.9. The molecule has 0 N–H and O–H groups in total. The van der Waals surface area contributed by atoms with Gasteiger partial charge in [0.15, 0.2) is 5.65 Å². The second kappa shape index (κ2) is 6.56. The summed E-state index contributed by atoms with van der Waals surface area (Å²) in [7, 11) is 0. The SMILES string of the molecule is Cc1ccc(-c2nnc(SCCn3nc4ccccn4c3=O)o2)cc1. The molecule has 0 radical (unpaired) electrons. The molecule has 126 valence electrons. The van der Waals surface area contributed by atoms with Crippen LogP contribution in [0.3, 0.4) is 0 Å². The summed E-state index contributed by atoms with van der Waals surface area (Å²) < 4.78 is 8.63. The largest absolute Gasteiger partial charge is 0.411 e. The molecule has 4 rings (SSSR count). The van der Waals surface area contributed by atoms with E-state index < -0.39 is 0 Å². The number of benzene rings is 1. The Labute approximate surface area is 147 Å². The Balaban J connectivity index is 1.42. The van der Waals surface area contributed by atoms with E-state index in [1.165, 1.54) is 26.4 Å². The summed E-state index contributed by atoms with van der Waals surface area (Å²) in [5.41, 5.74) is 2.55. The van der Waals surface area contributed by atoms with Crippen molar-refractivity contribution in [1.82, 2.24) is 24.4 Å². The Morgan fingerprint density at radius 3 is 2.76 bits per heavy atom. The van der Waals surface area contributed by atoms with E-state index in [4.69, 9.17) is 4.42 Å². The lowest BCUT2D eigenvalue weighted by Crippen LogP contribution is -2.21. The van der Waals surface area contributed by atoms with Crippen molar-refractivity contribution in [2.75, 3.05) is 5.75 Å². The highest BCUT2D eigenvalue weighted by Crippen LogP contribution is 2.23. The first-order valence-corrected chi connectivity index (χ1v) is 8.77. The molecule has 0 aliphatic carbocycles. The summed E-state index contributed by atoms with van der Waals surface area (Å²) in [6, 6.07) is 13.4. The van der Waals surface area contributed by atoms with Gasteiger partial charge in [0.2, 0.25) is 5.89 Å². The van der Waals surface area contributed by atoms with Crippen molar-refractivity contribution in [3.05, 3.63) is 64.7 Å². The molecular weight excluding hydrogens is 338 g/mol. The number of aryl methyl sites for hydroxylation is 2. The molecule has 1 aromatic carbocycles. The quantitative estimate of drug-likeness (QED) is 0.513. The molecule has 0 saturated carbocycles. The monoisotopic (exact) mass is 353 g/mol. The number of hydrogen-bond acceptors (Lipinski definition) is 6. The summed E-state index contributed by atoms with van der Waals surface area (Å²) in [6.45, 7) is 2.49. The Morgan fingerprint density at radius 2 is 1.96 bits per heavy atom. The van der Waals surface area contributed by atoms with Crippen molar-refractivity contribution in [2.45, 2.75) is 18.7 Å². The third kappa shape index (κ3) is 3.20. The van der Waals surface area contributed by atoms with Crippen LogP contribution in [0.5, 0.6) is 0 Å². The molecule has 3 heterocycles. The Kier molecular flexibility index (Phi) is 4.10. The molecule has 0 atom stereocenters. The normalized spacial score (nSPS) is 11.2. The van der Waals surface area contributed by atoms with Gasteiger partial charge < -0.3 is 4.42 Å². The van der Waals surface area contributed by atoms with E-state index >= 15 is 0 Å². The zero-order valence-corrected chi connectivity index (χ0v) is 14.3. The van der Waals surface area contributed by atoms with Gasteiger partial charge >= 0.3 is 5.69 Å². The van der Waals surface area contributed by atoms with Gasteiger partial charge in [-0.3, -0.25) is 4.40 Å². The highest BCUT2D eigenvalue weighted by atomic mass is 32.2. The Hall–Kier alpha value is -2.87. The minimum atomic E-state index is -0.151. The molecule has 4 aromatic rings. The molecular formula is C17H15N5O2S. The highest BCUT2D eigenvalue weighted by molar-refractivity contribution is 7.99. The van der Waals surface area contributed by atoms with Gasteiger partial charge in [0.25, 0.3) is 5.22 Å². The molecule has 0 saturated heterocycles. The zero-order chi connectivity index (χ0) is 17.2. The summed E-state index contributed by atoms with van der Waals surface area (Å²) >= 11 is 1.40. The minimum absolute atomic E-state index is 0.151. The smallest absolute Gasteiger partial charge is 0.350 e. The van der Waals surface area contributed by atoms with Gasteiger partial charge in [0, 0.05) is 17.5 Å². The van der Waals surface area contributed by atoms with E-state index in [9.17, 15) is 4.79 Å². The van der Waals surface area contributed by atoms with Crippen LogP contribution in [0.15, 0.2) is 63.1 Å². The predicted octanol–water partition coefficient (Wildman–Crippen LogP) is 2.65. The molecule has 3 aromatic heterocycles. The van der Waals surface area contributed by atoms with Crippen LogP contribution in [0.25, 0.3) is 17.1 Å². The van der Waals surface area contributed by atoms with Crippen molar-refractivity contribution in [3.63, 3.8) is 0 Å². The number of nitrogens with zero attached hydrogens (tertiary/aromatic N) is 5. The third-order valence-electron chi connectivity index (χ3n) is 3.72. The number of fused-ring (bicyclic) bond motifs is 1. The number of hydrogen-bond donors (Lipinski definition) is 0. The van der Waals surface area contributed by atoms with Crippen molar-refractivity contribution >= 4 is 17.4 Å². The van der Waals surface area contributed by atoms with Crippen LogP contribution in [-0.2, 0) is 6.54 Å². The number of aromatic nitrogens is 5. The van der Waals surface area contributed by atoms with Gasteiger partial charge in [-0.15, -0.1) is 15.3 Å². The first kappa shape index (κ1) is 15.6. The Morgan fingerprint density at radius 1 is 1.12 bits per heavy atom. The molecule has 8 heteroatoms. The number of thioether (sulfide) groups is 1. The average Bonchev–Trinajstić information content (AvgIpc) is 3.22. The molecule has 0 unspecified atom stereocenters. The predicted molar refractivity (Wildman–Crippen MR) is 94.6 cm³/mol. The molecule has 0 aliphatic rings. The fraction of sp³-hybridized carbons (Fsp3) is 0.176. The molecule has 0 fully saturated rings. The van der Waals surface area contributed by atoms with Crippen LogP contribution in [0.4, 0.5) is 0 Å². The Bertz CT molecular complexity index is 1060. The van der Waals surface area contributed by atoms with Crippen molar-refractivity contribution in [1.29, 1.82) is 0 Å². The third-order valence-corrected chi connectivity index (χ3v) is 4.52. The maximum atomic E-state index is 12.2. The van der Waals surface area contributed by atoms with Gasteiger partial charge in [-0.1, -0.05) is 35.5 Å². The molecule has 25 heavy (non-hydrogen) atoms. The van der Waals surface area contributed by atoms with Gasteiger partial charge in [0.05, 0.1) is 6.54 Å². The fourth-order valence-corrected chi connectivity index (χ4v) is 3.09. The minimum Gasteiger partial charge on any atom is -0.411 e. The second-order valence-electron chi connectivity index (χ2n) is 5.52. The van der Waals surface area contributed by atoms with Crippen molar-refractivity contribution in [3.8, 4) is 11.5 Å². The van der Waals surface area contributed by atoms with Crippen LogP contribution >= 0.6 is 11.8 Å². The van der Waals surface area contributed by atoms with E-state index in [0.717, 1.165) is 5.56 Å². The molecule has 0 spiro atoms. The second-order valence-corrected chi connectivity index (χ2v) is 6.57. The maximum Gasteiger partial charge on any atom is 0.350 e. The van der Waals surface area contributed by atoms with Crippen LogP contribution in [0.1, 0.15) is 5.56 Å². The van der Waals surface area contributed by atoms with Crippen LogP contribution in [-0.4, -0.2) is 30.1 Å². The lowest BCUT2D eigenvalue weighted by Gasteiger charge is -1.97. The topological polar surface area (TPSA) is 78.2 Å². The zero-order valence-electron chi connectivity index (χ0n) is 13.5. The summed E-state index contributed by atoms with van der Waals surface area (Å²) in [6.07, 6.45) is 1.71. The van der Waals surface area contributed by atoms with E-state index in [1.807, 2.05) is 37.3 Å². The van der Waals surface area contributed by atoms with E-state index in [0.29, 0.717) is 29.1 Å². The van der Waals surface area contributed by atoms with Gasteiger partial charge in [-0.25, -0.2) is 9.48 Å². The van der Waals surface area contributed by atoms with Gasteiger partial charge in [-0.2, -0.15) is 0 Å². The maximum absolute atomic E-state index is 12.2. The fourth-order valence-electron chi connectivity index (χ4n) is 2.41. The lowest BCUT2D eigenvalue weighted by atomic mass is 10.1. The van der Waals surface area contributed by atoms with Crippen LogP contribution in [0, 0.1) is 6.92 Å².